The predicted octanol–water partition coefficient (Wildman–Crippen LogP) is 4.49. The average Bonchev–Trinajstić information content (AvgIpc) is 2.41. The Kier molecular flexibility index (Phi) is 7.73. The van der Waals surface area contributed by atoms with E-state index in [-0.39, 0.29) is 5.54 Å². The van der Waals surface area contributed by atoms with E-state index in [1.807, 2.05) is 0 Å². The molecule has 0 unspecified atom stereocenters. The van der Waals surface area contributed by atoms with E-state index in [4.69, 9.17) is 4.74 Å². The topological polar surface area (TPSA) is 34.1 Å². The van der Waals surface area contributed by atoms with Gasteiger partial charge < -0.3 is 10.1 Å². The molecule has 0 aliphatic carbocycles. The smallest absolute Gasteiger partial charge is 0.213 e. The van der Waals surface area contributed by atoms with Crippen molar-refractivity contribution in [3.8, 4) is 5.88 Å². The van der Waals surface area contributed by atoms with Gasteiger partial charge in [-0.2, -0.15) is 0 Å². The molecule has 0 amide bonds. The normalized spacial score (nSPS) is 11.7. The van der Waals surface area contributed by atoms with Crippen molar-refractivity contribution >= 4 is 0 Å². The van der Waals surface area contributed by atoms with Crippen LogP contribution in [0, 0.1) is 0 Å². The summed E-state index contributed by atoms with van der Waals surface area (Å²) in [5.41, 5.74) is 2.51. The minimum Gasteiger partial charge on any atom is -0.478 e. The Morgan fingerprint density at radius 2 is 1.86 bits per heavy atom. The van der Waals surface area contributed by atoms with E-state index in [0.717, 1.165) is 44.0 Å². The summed E-state index contributed by atoms with van der Waals surface area (Å²) < 4.78 is 5.83. The molecule has 1 rings (SSSR count). The van der Waals surface area contributed by atoms with Crippen LogP contribution < -0.4 is 10.1 Å². The van der Waals surface area contributed by atoms with Gasteiger partial charge in [0.15, 0.2) is 0 Å². The number of pyridine rings is 1. The third kappa shape index (κ3) is 8.05. The lowest BCUT2D eigenvalue weighted by Gasteiger charge is -2.21. The van der Waals surface area contributed by atoms with Crippen LogP contribution in [0.3, 0.4) is 0 Å². The molecule has 0 aliphatic heterocycles. The SMILES string of the molecule is CCCCCOc1cc(CNC(C)(C)C)cc(CCC)n1. The van der Waals surface area contributed by atoms with E-state index in [1.165, 1.54) is 18.4 Å². The summed E-state index contributed by atoms with van der Waals surface area (Å²) >= 11 is 0. The minimum atomic E-state index is 0.121. The summed E-state index contributed by atoms with van der Waals surface area (Å²) in [6.07, 6.45) is 5.65. The van der Waals surface area contributed by atoms with Crippen molar-refractivity contribution in [3.63, 3.8) is 0 Å². The van der Waals surface area contributed by atoms with Crippen molar-refractivity contribution < 1.29 is 4.74 Å². The zero-order valence-electron chi connectivity index (χ0n) is 14.5. The van der Waals surface area contributed by atoms with Crippen molar-refractivity contribution in [3.05, 3.63) is 23.4 Å². The molecule has 0 radical (unpaired) electrons. The number of hydrogen-bond donors (Lipinski definition) is 1. The van der Waals surface area contributed by atoms with Crippen LogP contribution in [-0.4, -0.2) is 17.1 Å². The fourth-order valence-electron chi connectivity index (χ4n) is 2.08. The largest absolute Gasteiger partial charge is 0.478 e. The molecule has 0 atom stereocenters. The standard InChI is InChI=1S/C18H32N2O/c1-6-8-9-11-21-17-13-15(14-19-18(3,4)5)12-16(20-17)10-7-2/h12-13,19H,6-11,14H2,1-5H3. The van der Waals surface area contributed by atoms with Gasteiger partial charge in [-0.15, -0.1) is 0 Å². The van der Waals surface area contributed by atoms with Crippen LogP contribution in [0.5, 0.6) is 5.88 Å². The highest BCUT2D eigenvalue weighted by Crippen LogP contribution is 2.16. The summed E-state index contributed by atoms with van der Waals surface area (Å²) in [5.74, 6) is 0.780. The van der Waals surface area contributed by atoms with Gasteiger partial charge in [0.05, 0.1) is 6.61 Å². The van der Waals surface area contributed by atoms with Gasteiger partial charge in [0, 0.05) is 23.8 Å². The summed E-state index contributed by atoms with van der Waals surface area (Å²) in [7, 11) is 0. The van der Waals surface area contributed by atoms with E-state index in [0.29, 0.717) is 0 Å². The van der Waals surface area contributed by atoms with Crippen LogP contribution in [0.2, 0.25) is 0 Å². The Morgan fingerprint density at radius 3 is 2.48 bits per heavy atom. The first kappa shape index (κ1) is 18.0. The van der Waals surface area contributed by atoms with Crippen molar-refractivity contribution in [2.24, 2.45) is 0 Å². The maximum absolute atomic E-state index is 5.83. The van der Waals surface area contributed by atoms with Gasteiger partial charge in [0.25, 0.3) is 0 Å². The van der Waals surface area contributed by atoms with Gasteiger partial charge >= 0.3 is 0 Å². The second kappa shape index (κ2) is 9.04. The summed E-state index contributed by atoms with van der Waals surface area (Å²) in [5, 5.41) is 3.53. The molecule has 3 heteroatoms. The van der Waals surface area contributed by atoms with E-state index >= 15 is 0 Å². The lowest BCUT2D eigenvalue weighted by atomic mass is 10.1. The van der Waals surface area contributed by atoms with Crippen LogP contribution in [0.15, 0.2) is 12.1 Å². The fourth-order valence-corrected chi connectivity index (χ4v) is 2.08. The van der Waals surface area contributed by atoms with E-state index in [9.17, 15) is 0 Å². The molecule has 0 spiro atoms. The highest BCUT2D eigenvalue weighted by molar-refractivity contribution is 5.25. The van der Waals surface area contributed by atoms with Gasteiger partial charge in [0.1, 0.15) is 0 Å². The lowest BCUT2D eigenvalue weighted by Crippen LogP contribution is -2.35. The molecule has 0 saturated heterocycles. The Balaban J connectivity index is 2.70. The molecule has 0 bridgehead atoms. The van der Waals surface area contributed by atoms with Gasteiger partial charge in [-0.1, -0.05) is 33.1 Å². The van der Waals surface area contributed by atoms with Crippen LogP contribution in [-0.2, 0) is 13.0 Å². The zero-order valence-corrected chi connectivity index (χ0v) is 14.5. The van der Waals surface area contributed by atoms with E-state index in [2.05, 4.69) is 57.1 Å². The van der Waals surface area contributed by atoms with Crippen LogP contribution in [0.25, 0.3) is 0 Å². The molecule has 3 nitrogen and oxygen atoms in total. The van der Waals surface area contributed by atoms with Crippen molar-refractivity contribution in [2.45, 2.75) is 78.8 Å². The van der Waals surface area contributed by atoms with Gasteiger partial charge in [-0.25, -0.2) is 4.98 Å². The Morgan fingerprint density at radius 1 is 1.10 bits per heavy atom. The summed E-state index contributed by atoms with van der Waals surface area (Å²) in [6.45, 7) is 12.6. The molecule has 1 aromatic rings. The third-order valence-corrected chi connectivity index (χ3v) is 3.24. The lowest BCUT2D eigenvalue weighted by molar-refractivity contribution is 0.293. The molecule has 120 valence electrons. The van der Waals surface area contributed by atoms with Gasteiger partial charge in [-0.05, 0) is 45.2 Å². The number of aromatic nitrogens is 1. The molecule has 0 fully saturated rings. The quantitative estimate of drug-likeness (QED) is 0.681. The molecule has 0 aliphatic rings. The number of hydrogen-bond acceptors (Lipinski definition) is 3. The first-order valence-corrected chi connectivity index (χ1v) is 8.32. The number of unbranched alkanes of at least 4 members (excludes halogenated alkanes) is 2. The number of rotatable bonds is 9. The molecule has 1 N–H and O–H groups in total. The summed E-state index contributed by atoms with van der Waals surface area (Å²) in [4.78, 5) is 4.62. The van der Waals surface area contributed by atoms with E-state index < -0.39 is 0 Å². The number of ether oxygens (including phenoxy) is 1. The predicted molar refractivity (Wildman–Crippen MR) is 89.8 cm³/mol. The second-order valence-corrected chi connectivity index (χ2v) is 6.71. The zero-order chi connectivity index (χ0) is 15.7. The maximum Gasteiger partial charge on any atom is 0.213 e. The summed E-state index contributed by atoms with van der Waals surface area (Å²) in [6, 6.07) is 4.27. The van der Waals surface area contributed by atoms with Crippen LogP contribution in [0.4, 0.5) is 0 Å². The van der Waals surface area contributed by atoms with Crippen LogP contribution >= 0.6 is 0 Å². The molecule has 21 heavy (non-hydrogen) atoms. The molecule has 1 heterocycles. The molecular weight excluding hydrogens is 260 g/mol. The van der Waals surface area contributed by atoms with Crippen molar-refractivity contribution in [1.29, 1.82) is 0 Å². The van der Waals surface area contributed by atoms with Crippen molar-refractivity contribution in [2.75, 3.05) is 6.61 Å². The average molecular weight is 292 g/mol. The van der Waals surface area contributed by atoms with Crippen molar-refractivity contribution in [1.82, 2.24) is 10.3 Å². The van der Waals surface area contributed by atoms with E-state index in [1.54, 1.807) is 0 Å². The second-order valence-electron chi connectivity index (χ2n) is 6.71. The number of nitrogens with one attached hydrogen (secondary N) is 1. The fraction of sp³-hybridized carbons (Fsp3) is 0.722. The Hall–Kier alpha value is -1.09. The Labute approximate surface area is 130 Å². The number of nitrogens with zero attached hydrogens (tertiary/aromatic N) is 1. The third-order valence-electron chi connectivity index (χ3n) is 3.24. The molecule has 0 aromatic carbocycles. The minimum absolute atomic E-state index is 0.121. The highest BCUT2D eigenvalue weighted by atomic mass is 16.5. The monoisotopic (exact) mass is 292 g/mol. The Bertz CT molecular complexity index is 410. The number of aryl methyl sites for hydroxylation is 1. The first-order chi connectivity index (χ1) is 9.94. The molecular formula is C18H32N2O. The molecule has 1 aromatic heterocycles. The maximum atomic E-state index is 5.83. The van der Waals surface area contributed by atoms with Crippen LogP contribution in [0.1, 0.15) is 71.6 Å². The first-order valence-electron chi connectivity index (χ1n) is 8.32. The highest BCUT2D eigenvalue weighted by Gasteiger charge is 2.10. The molecule has 0 saturated carbocycles. The van der Waals surface area contributed by atoms with Gasteiger partial charge in [-0.3, -0.25) is 0 Å². The van der Waals surface area contributed by atoms with Gasteiger partial charge in [0.2, 0.25) is 5.88 Å².